The lowest BCUT2D eigenvalue weighted by molar-refractivity contribution is -0.139. The number of rotatable bonds is 6. The number of amides is 1. The molecule has 2 heterocycles. The molecule has 1 aromatic rings. The topological polar surface area (TPSA) is 103 Å². The first-order valence-electron chi connectivity index (χ1n) is 9.54. The highest BCUT2D eigenvalue weighted by Gasteiger charge is 2.39. The van der Waals surface area contributed by atoms with Crippen LogP contribution in [0.2, 0.25) is 0 Å². The number of esters is 1. The summed E-state index contributed by atoms with van der Waals surface area (Å²) in [6, 6.07) is 1.09. The van der Waals surface area contributed by atoms with Crippen molar-refractivity contribution >= 4 is 27.5 Å². The quantitative estimate of drug-likeness (QED) is 0.518. The van der Waals surface area contributed by atoms with E-state index in [0.29, 0.717) is 12.0 Å². The second kappa shape index (κ2) is 8.06. The summed E-state index contributed by atoms with van der Waals surface area (Å²) in [5, 5.41) is 0. The van der Waals surface area contributed by atoms with Crippen molar-refractivity contribution < 1.29 is 27.5 Å². The first-order valence-corrected chi connectivity index (χ1v) is 11.4. The van der Waals surface area contributed by atoms with Gasteiger partial charge in [0.05, 0.1) is 11.5 Å². The van der Waals surface area contributed by atoms with Crippen LogP contribution >= 0.6 is 0 Å². The third kappa shape index (κ3) is 4.45. The predicted octanol–water partition coefficient (Wildman–Crippen LogP) is 1.34. The Bertz CT molecular complexity index is 882. The van der Waals surface area contributed by atoms with E-state index < -0.39 is 22.4 Å². The lowest BCUT2D eigenvalue weighted by Gasteiger charge is -2.33. The number of aromatic nitrogens is 1. The lowest BCUT2D eigenvalue weighted by Crippen LogP contribution is -2.48. The van der Waals surface area contributed by atoms with E-state index in [0.717, 1.165) is 25.7 Å². The minimum atomic E-state index is -3.13. The number of aryl methyl sites for hydroxylation is 1. The Morgan fingerprint density at radius 1 is 1.18 bits per heavy atom. The van der Waals surface area contributed by atoms with Gasteiger partial charge in [0.2, 0.25) is 0 Å². The monoisotopic (exact) mass is 410 g/mol. The Labute approximate surface area is 164 Å². The summed E-state index contributed by atoms with van der Waals surface area (Å²) in [6.07, 6.45) is 5.66. The van der Waals surface area contributed by atoms with E-state index in [1.165, 1.54) is 23.8 Å². The number of nitrogens with zero attached hydrogens (tertiary/aromatic N) is 2. The van der Waals surface area contributed by atoms with Crippen LogP contribution in [0, 0.1) is 0 Å². The zero-order valence-electron chi connectivity index (χ0n) is 16.2. The second-order valence-electron chi connectivity index (χ2n) is 7.65. The molecule has 0 aromatic carbocycles. The zero-order chi connectivity index (χ0) is 20.5. The summed E-state index contributed by atoms with van der Waals surface area (Å²) in [6.45, 7) is 0.968. The van der Waals surface area contributed by atoms with E-state index in [4.69, 9.17) is 4.74 Å². The van der Waals surface area contributed by atoms with Crippen molar-refractivity contribution in [2.24, 2.45) is 7.05 Å². The number of ether oxygens (including phenoxy) is 1. The molecule has 1 saturated carbocycles. The fraction of sp³-hybridized carbons (Fsp3) is 0.632. The van der Waals surface area contributed by atoms with Crippen LogP contribution in [0.25, 0.3) is 0 Å². The van der Waals surface area contributed by atoms with Crippen LogP contribution in [0.15, 0.2) is 12.3 Å². The molecule has 3 rings (SSSR count). The Hall–Kier alpha value is -2.16. The highest BCUT2D eigenvalue weighted by atomic mass is 32.2. The van der Waals surface area contributed by atoms with Crippen molar-refractivity contribution in [2.75, 3.05) is 18.1 Å². The average Bonchev–Trinajstić information content (AvgIpc) is 3.34. The van der Waals surface area contributed by atoms with Crippen LogP contribution in [0.4, 0.5) is 0 Å². The zero-order valence-corrected chi connectivity index (χ0v) is 17.0. The number of carbonyl (C=O) groups excluding carboxylic acids is 3. The van der Waals surface area contributed by atoms with Crippen molar-refractivity contribution in [1.29, 1.82) is 0 Å². The van der Waals surface area contributed by atoms with Crippen LogP contribution in [-0.4, -0.2) is 65.7 Å². The van der Waals surface area contributed by atoms with E-state index in [1.807, 2.05) is 0 Å². The van der Waals surface area contributed by atoms with E-state index in [9.17, 15) is 22.8 Å². The highest BCUT2D eigenvalue weighted by molar-refractivity contribution is 7.91. The molecule has 2 fully saturated rings. The number of ketones is 1. The Morgan fingerprint density at radius 3 is 2.39 bits per heavy atom. The summed E-state index contributed by atoms with van der Waals surface area (Å²) < 4.78 is 30.4. The molecule has 1 atom stereocenters. The minimum Gasteiger partial charge on any atom is -0.451 e. The molecule has 0 unspecified atom stereocenters. The number of sulfone groups is 1. The number of carbonyl (C=O) groups is 3. The fourth-order valence-corrected chi connectivity index (χ4v) is 5.83. The van der Waals surface area contributed by atoms with Crippen molar-refractivity contribution in [3.63, 3.8) is 0 Å². The van der Waals surface area contributed by atoms with Gasteiger partial charge < -0.3 is 14.2 Å². The van der Waals surface area contributed by atoms with Gasteiger partial charge in [0.15, 0.2) is 22.2 Å². The van der Waals surface area contributed by atoms with Gasteiger partial charge >= 0.3 is 5.97 Å². The minimum absolute atomic E-state index is 0.00357. The maximum absolute atomic E-state index is 12.9. The molecule has 154 valence electrons. The SMILES string of the molecule is CC(=O)c1cc(C(=O)OCC(=O)N(C2CCCC2)[C@H]2CCS(=O)(=O)C2)n(C)c1. The molecule has 1 saturated heterocycles. The van der Waals surface area contributed by atoms with Gasteiger partial charge in [-0.3, -0.25) is 9.59 Å². The first-order chi connectivity index (χ1) is 13.2. The van der Waals surface area contributed by atoms with Gasteiger partial charge in [-0.15, -0.1) is 0 Å². The number of hydrogen-bond donors (Lipinski definition) is 0. The standard InChI is InChI=1S/C19H26N2O6S/c1-13(22)14-9-17(20(2)10-14)19(24)27-11-18(23)21(15-5-3-4-6-15)16-7-8-28(25,26)12-16/h9-10,15-16H,3-8,11-12H2,1-2H3/t16-/m0/s1. The van der Waals surface area contributed by atoms with Crippen molar-refractivity contribution in [2.45, 2.75) is 51.1 Å². The summed E-state index contributed by atoms with van der Waals surface area (Å²) in [7, 11) is -1.50. The van der Waals surface area contributed by atoms with Crippen LogP contribution in [0.1, 0.15) is 59.9 Å². The molecular weight excluding hydrogens is 384 g/mol. The fourth-order valence-electron chi connectivity index (χ4n) is 4.12. The molecule has 0 bridgehead atoms. The normalized spacial score (nSPS) is 21.6. The van der Waals surface area contributed by atoms with Gasteiger partial charge in [-0.2, -0.15) is 0 Å². The average molecular weight is 410 g/mol. The van der Waals surface area contributed by atoms with Crippen LogP contribution < -0.4 is 0 Å². The van der Waals surface area contributed by atoms with Crippen molar-refractivity contribution in [1.82, 2.24) is 9.47 Å². The van der Waals surface area contributed by atoms with E-state index in [-0.39, 0.29) is 41.0 Å². The summed E-state index contributed by atoms with van der Waals surface area (Å²) >= 11 is 0. The first kappa shape index (κ1) is 20.6. The van der Waals surface area contributed by atoms with Gasteiger partial charge in [0, 0.05) is 30.9 Å². The summed E-state index contributed by atoms with van der Waals surface area (Å²) in [5.41, 5.74) is 0.582. The molecular formula is C19H26N2O6S. The molecule has 28 heavy (non-hydrogen) atoms. The van der Waals surface area contributed by atoms with Gasteiger partial charge in [-0.05, 0) is 32.3 Å². The molecule has 0 radical (unpaired) electrons. The van der Waals surface area contributed by atoms with E-state index in [1.54, 1.807) is 11.9 Å². The Balaban J connectivity index is 1.68. The second-order valence-corrected chi connectivity index (χ2v) is 9.88. The molecule has 1 aliphatic heterocycles. The van der Waals surface area contributed by atoms with Crippen molar-refractivity contribution in [3.05, 3.63) is 23.5 Å². The number of Topliss-reactive ketones (excluding diaryl/α,β-unsaturated/α-hetero) is 1. The maximum atomic E-state index is 12.9. The van der Waals surface area contributed by atoms with Gasteiger partial charge in [-0.1, -0.05) is 12.8 Å². The summed E-state index contributed by atoms with van der Waals surface area (Å²) in [5.74, 6) is -1.15. The van der Waals surface area contributed by atoms with Crippen LogP contribution in [-0.2, 0) is 26.4 Å². The molecule has 0 N–H and O–H groups in total. The molecule has 0 spiro atoms. The number of hydrogen-bond acceptors (Lipinski definition) is 6. The van der Waals surface area contributed by atoms with Crippen molar-refractivity contribution in [3.8, 4) is 0 Å². The largest absolute Gasteiger partial charge is 0.451 e. The maximum Gasteiger partial charge on any atom is 0.355 e. The van der Waals surface area contributed by atoms with Gasteiger partial charge in [-0.25, -0.2) is 13.2 Å². The van der Waals surface area contributed by atoms with Crippen LogP contribution in [0.3, 0.4) is 0 Å². The smallest absolute Gasteiger partial charge is 0.355 e. The Morgan fingerprint density at radius 2 is 1.86 bits per heavy atom. The van der Waals surface area contributed by atoms with Gasteiger partial charge in [0.1, 0.15) is 5.69 Å². The molecule has 9 heteroatoms. The lowest BCUT2D eigenvalue weighted by atomic mass is 10.1. The third-order valence-electron chi connectivity index (χ3n) is 5.56. The molecule has 2 aliphatic rings. The third-order valence-corrected chi connectivity index (χ3v) is 7.31. The molecule has 1 aliphatic carbocycles. The summed E-state index contributed by atoms with van der Waals surface area (Å²) in [4.78, 5) is 38.3. The molecule has 8 nitrogen and oxygen atoms in total. The van der Waals surface area contributed by atoms with Crippen LogP contribution in [0.5, 0.6) is 0 Å². The van der Waals surface area contributed by atoms with E-state index in [2.05, 4.69) is 0 Å². The van der Waals surface area contributed by atoms with E-state index >= 15 is 0 Å². The molecule has 1 amide bonds. The predicted molar refractivity (Wildman–Crippen MR) is 102 cm³/mol. The van der Waals surface area contributed by atoms with Gasteiger partial charge in [0.25, 0.3) is 5.91 Å². The Kier molecular flexibility index (Phi) is 5.92. The highest BCUT2D eigenvalue weighted by Crippen LogP contribution is 2.29. The molecule has 1 aromatic heterocycles.